The lowest BCUT2D eigenvalue weighted by Gasteiger charge is -2.20. The Morgan fingerprint density at radius 2 is 1.95 bits per heavy atom. The van der Waals surface area contributed by atoms with Gasteiger partial charge < -0.3 is 4.90 Å². The van der Waals surface area contributed by atoms with Gasteiger partial charge in [0.2, 0.25) is 0 Å². The molecular formula is C17H16FNO. The van der Waals surface area contributed by atoms with E-state index in [1.807, 2.05) is 6.92 Å². The average molecular weight is 269 g/mol. The van der Waals surface area contributed by atoms with E-state index in [0.29, 0.717) is 22.9 Å². The molecule has 20 heavy (non-hydrogen) atoms. The fourth-order valence-electron chi connectivity index (χ4n) is 2.25. The zero-order valence-electron chi connectivity index (χ0n) is 11.4. The number of halogens is 1. The molecule has 0 aromatic heterocycles. The highest BCUT2D eigenvalue weighted by atomic mass is 19.1. The molecule has 0 saturated carbocycles. The first-order valence-electron chi connectivity index (χ1n) is 6.59. The number of carbonyl (C=O) groups is 1. The summed E-state index contributed by atoms with van der Waals surface area (Å²) in [6, 6.07) is 9.84. The van der Waals surface area contributed by atoms with Crippen molar-refractivity contribution in [1.29, 1.82) is 0 Å². The van der Waals surface area contributed by atoms with Crippen molar-refractivity contribution in [3.63, 3.8) is 0 Å². The second kappa shape index (κ2) is 6.21. The summed E-state index contributed by atoms with van der Waals surface area (Å²) in [5, 5.41) is 1.08. The molecule has 1 amide bonds. The number of benzene rings is 2. The highest BCUT2D eigenvalue weighted by Crippen LogP contribution is 2.23. The summed E-state index contributed by atoms with van der Waals surface area (Å²) in [6.45, 7) is 2.84. The Hall–Kier alpha value is -2.34. The molecular weight excluding hydrogens is 253 g/mol. The molecule has 0 saturated heterocycles. The summed E-state index contributed by atoms with van der Waals surface area (Å²) in [5.74, 6) is 2.02. The summed E-state index contributed by atoms with van der Waals surface area (Å²) in [5.41, 5.74) is 0.491. The quantitative estimate of drug-likeness (QED) is 0.778. The van der Waals surface area contributed by atoms with Crippen LogP contribution in [0.25, 0.3) is 10.8 Å². The van der Waals surface area contributed by atoms with Gasteiger partial charge in [-0.1, -0.05) is 37.1 Å². The molecule has 0 atom stereocenters. The van der Waals surface area contributed by atoms with Gasteiger partial charge in [0.05, 0.1) is 6.54 Å². The van der Waals surface area contributed by atoms with Gasteiger partial charge in [0.1, 0.15) is 5.82 Å². The molecule has 0 aliphatic heterocycles. The van der Waals surface area contributed by atoms with Crippen LogP contribution in [0.15, 0.2) is 36.4 Å². The van der Waals surface area contributed by atoms with E-state index in [1.165, 1.54) is 12.1 Å². The molecule has 2 nitrogen and oxygen atoms in total. The third-order valence-corrected chi connectivity index (χ3v) is 3.16. The van der Waals surface area contributed by atoms with E-state index in [4.69, 9.17) is 6.42 Å². The highest BCUT2D eigenvalue weighted by Gasteiger charge is 2.17. The van der Waals surface area contributed by atoms with Gasteiger partial charge in [-0.15, -0.1) is 6.42 Å². The van der Waals surface area contributed by atoms with Crippen LogP contribution in [0.2, 0.25) is 0 Å². The number of hydrogen-bond donors (Lipinski definition) is 0. The third-order valence-electron chi connectivity index (χ3n) is 3.16. The lowest BCUT2D eigenvalue weighted by atomic mass is 10.0. The minimum absolute atomic E-state index is 0.152. The number of amides is 1. The maximum Gasteiger partial charge on any atom is 0.255 e. The molecule has 0 bridgehead atoms. The van der Waals surface area contributed by atoms with E-state index in [0.717, 1.165) is 6.42 Å². The number of nitrogens with zero attached hydrogens (tertiary/aromatic N) is 1. The van der Waals surface area contributed by atoms with E-state index < -0.39 is 0 Å². The van der Waals surface area contributed by atoms with Gasteiger partial charge in [-0.25, -0.2) is 4.39 Å². The van der Waals surface area contributed by atoms with Crippen LogP contribution < -0.4 is 0 Å². The minimum atomic E-state index is -0.323. The Labute approximate surface area is 118 Å². The molecule has 0 spiro atoms. The molecule has 102 valence electrons. The van der Waals surface area contributed by atoms with Gasteiger partial charge in [-0.3, -0.25) is 4.79 Å². The topological polar surface area (TPSA) is 20.3 Å². The molecule has 2 aromatic carbocycles. The number of rotatable bonds is 4. The number of fused-ring (bicyclic) bond motifs is 1. The average Bonchev–Trinajstić information content (AvgIpc) is 2.47. The van der Waals surface area contributed by atoms with Crippen molar-refractivity contribution in [2.24, 2.45) is 0 Å². The van der Waals surface area contributed by atoms with Crippen molar-refractivity contribution >= 4 is 16.7 Å². The van der Waals surface area contributed by atoms with Gasteiger partial charge >= 0.3 is 0 Å². The van der Waals surface area contributed by atoms with Gasteiger partial charge in [-0.05, 0) is 23.9 Å². The van der Waals surface area contributed by atoms with Gasteiger partial charge in [-0.2, -0.15) is 0 Å². The smallest absolute Gasteiger partial charge is 0.255 e. The molecule has 3 heteroatoms. The number of hydrogen-bond acceptors (Lipinski definition) is 1. The second-order valence-electron chi connectivity index (χ2n) is 4.57. The van der Waals surface area contributed by atoms with E-state index in [-0.39, 0.29) is 18.3 Å². The van der Waals surface area contributed by atoms with E-state index >= 15 is 0 Å². The third kappa shape index (κ3) is 2.65. The van der Waals surface area contributed by atoms with E-state index in [2.05, 4.69) is 5.92 Å². The van der Waals surface area contributed by atoms with Crippen molar-refractivity contribution in [3.05, 3.63) is 47.8 Å². The first kappa shape index (κ1) is 14.1. The Kier molecular flexibility index (Phi) is 4.37. The summed E-state index contributed by atoms with van der Waals surface area (Å²) < 4.78 is 13.8. The zero-order valence-corrected chi connectivity index (χ0v) is 11.4. The molecule has 0 aliphatic carbocycles. The fourth-order valence-corrected chi connectivity index (χ4v) is 2.25. The Balaban J connectivity index is 2.49. The number of carbonyl (C=O) groups excluding carboxylic acids is 1. The predicted molar refractivity (Wildman–Crippen MR) is 78.9 cm³/mol. The molecule has 2 rings (SSSR count). The Bertz CT molecular complexity index is 672. The van der Waals surface area contributed by atoms with Crippen LogP contribution in [-0.2, 0) is 0 Å². The Morgan fingerprint density at radius 3 is 2.60 bits per heavy atom. The monoisotopic (exact) mass is 269 g/mol. The molecule has 0 N–H and O–H groups in total. The lowest BCUT2D eigenvalue weighted by molar-refractivity contribution is 0.0779. The maximum absolute atomic E-state index is 13.8. The van der Waals surface area contributed by atoms with E-state index in [1.54, 1.807) is 29.2 Å². The van der Waals surface area contributed by atoms with Crippen molar-refractivity contribution < 1.29 is 9.18 Å². The van der Waals surface area contributed by atoms with Gasteiger partial charge in [0, 0.05) is 17.5 Å². The lowest BCUT2D eigenvalue weighted by Crippen LogP contribution is -2.32. The maximum atomic E-state index is 13.8. The summed E-state index contributed by atoms with van der Waals surface area (Å²) in [4.78, 5) is 14.2. The fraction of sp³-hybridized carbons (Fsp3) is 0.235. The van der Waals surface area contributed by atoms with Crippen molar-refractivity contribution in [3.8, 4) is 12.3 Å². The van der Waals surface area contributed by atoms with Gasteiger partial charge in [0.15, 0.2) is 0 Å². The minimum Gasteiger partial charge on any atom is -0.328 e. The zero-order chi connectivity index (χ0) is 14.5. The highest BCUT2D eigenvalue weighted by molar-refractivity contribution is 6.07. The van der Waals surface area contributed by atoms with Crippen LogP contribution in [-0.4, -0.2) is 23.9 Å². The SMILES string of the molecule is C#CCN(CCC)C(=O)c1ccc(F)c2ccccc12. The van der Waals surface area contributed by atoms with Crippen LogP contribution in [0.3, 0.4) is 0 Å². The van der Waals surface area contributed by atoms with Crippen LogP contribution >= 0.6 is 0 Å². The first-order valence-corrected chi connectivity index (χ1v) is 6.59. The van der Waals surface area contributed by atoms with Crippen molar-refractivity contribution in [2.45, 2.75) is 13.3 Å². The van der Waals surface area contributed by atoms with Crippen LogP contribution in [0.4, 0.5) is 4.39 Å². The normalized spacial score (nSPS) is 10.2. The van der Waals surface area contributed by atoms with Crippen LogP contribution in [0, 0.1) is 18.2 Å². The van der Waals surface area contributed by atoms with Crippen LogP contribution in [0.5, 0.6) is 0 Å². The predicted octanol–water partition coefficient (Wildman–Crippen LogP) is 3.46. The summed E-state index contributed by atoms with van der Waals surface area (Å²) in [7, 11) is 0. The van der Waals surface area contributed by atoms with Gasteiger partial charge in [0.25, 0.3) is 5.91 Å². The summed E-state index contributed by atoms with van der Waals surface area (Å²) >= 11 is 0. The number of terminal acetylenes is 1. The molecule has 0 aliphatic rings. The first-order chi connectivity index (χ1) is 9.69. The molecule has 0 heterocycles. The van der Waals surface area contributed by atoms with Crippen molar-refractivity contribution in [2.75, 3.05) is 13.1 Å². The van der Waals surface area contributed by atoms with Crippen molar-refractivity contribution in [1.82, 2.24) is 4.90 Å². The molecule has 2 aromatic rings. The molecule has 0 unspecified atom stereocenters. The summed E-state index contributed by atoms with van der Waals surface area (Å²) in [6.07, 6.45) is 6.13. The Morgan fingerprint density at radius 1 is 1.25 bits per heavy atom. The largest absolute Gasteiger partial charge is 0.328 e. The standard InChI is InChI=1S/C17H16FNO/c1-3-11-19(12-4-2)17(20)15-9-10-16(18)14-8-6-5-7-13(14)15/h1,5-10H,4,11-12H2,2H3. The second-order valence-corrected chi connectivity index (χ2v) is 4.57. The molecule has 0 radical (unpaired) electrons. The van der Waals surface area contributed by atoms with Crippen LogP contribution in [0.1, 0.15) is 23.7 Å². The molecule has 0 fully saturated rings. The van der Waals surface area contributed by atoms with E-state index in [9.17, 15) is 9.18 Å².